The lowest BCUT2D eigenvalue weighted by molar-refractivity contribution is 0.153. The molecule has 2 aliphatic rings. The molecule has 0 radical (unpaired) electrons. The Balaban J connectivity index is 1.31. The molecule has 7 heteroatoms. The lowest BCUT2D eigenvalue weighted by Gasteiger charge is -2.22. The van der Waals surface area contributed by atoms with Gasteiger partial charge in [-0.25, -0.2) is 4.39 Å². The first-order valence-electron chi connectivity index (χ1n) is 8.78. The molecule has 1 aromatic heterocycles. The summed E-state index contributed by atoms with van der Waals surface area (Å²) in [5, 5.41) is 3.98. The second-order valence-electron chi connectivity index (χ2n) is 6.74. The van der Waals surface area contributed by atoms with Crippen molar-refractivity contribution in [2.24, 2.45) is 5.92 Å². The SMILES string of the molecule is Fc1ccc(OCc2noc(CN(C[C@@H]3CCOC3)C3CC3)n2)cc1. The van der Waals surface area contributed by atoms with Crippen molar-refractivity contribution < 1.29 is 18.4 Å². The van der Waals surface area contributed by atoms with Crippen LogP contribution in [0.4, 0.5) is 4.39 Å². The number of benzene rings is 1. The zero-order chi connectivity index (χ0) is 17.1. The second-order valence-corrected chi connectivity index (χ2v) is 6.74. The zero-order valence-electron chi connectivity index (χ0n) is 14.1. The first-order chi connectivity index (χ1) is 12.3. The van der Waals surface area contributed by atoms with Crippen molar-refractivity contribution in [1.82, 2.24) is 15.0 Å². The molecule has 1 aliphatic heterocycles. The topological polar surface area (TPSA) is 60.6 Å². The van der Waals surface area contributed by atoms with Crippen molar-refractivity contribution in [3.63, 3.8) is 0 Å². The maximum absolute atomic E-state index is 12.9. The molecule has 0 amide bonds. The van der Waals surface area contributed by atoms with Gasteiger partial charge in [0.1, 0.15) is 11.6 Å². The third-order valence-electron chi connectivity index (χ3n) is 4.61. The molecule has 1 saturated heterocycles. The number of halogens is 1. The van der Waals surface area contributed by atoms with Crippen LogP contribution in [0.5, 0.6) is 5.75 Å². The van der Waals surface area contributed by atoms with Gasteiger partial charge in [0.15, 0.2) is 6.61 Å². The molecule has 0 bridgehead atoms. The van der Waals surface area contributed by atoms with Crippen LogP contribution in [0.25, 0.3) is 0 Å². The predicted octanol–water partition coefficient (Wildman–Crippen LogP) is 2.79. The molecule has 2 fully saturated rings. The number of hydrogen-bond acceptors (Lipinski definition) is 6. The normalized spacial score (nSPS) is 20.3. The smallest absolute Gasteiger partial charge is 0.240 e. The van der Waals surface area contributed by atoms with E-state index < -0.39 is 0 Å². The van der Waals surface area contributed by atoms with Gasteiger partial charge in [0.25, 0.3) is 0 Å². The van der Waals surface area contributed by atoms with Crippen LogP contribution in [0, 0.1) is 11.7 Å². The molecule has 25 heavy (non-hydrogen) atoms. The summed E-state index contributed by atoms with van der Waals surface area (Å²) in [4.78, 5) is 6.85. The Bertz CT molecular complexity index is 681. The average molecular weight is 347 g/mol. The van der Waals surface area contributed by atoms with E-state index >= 15 is 0 Å². The summed E-state index contributed by atoms with van der Waals surface area (Å²) < 4.78 is 29.3. The highest BCUT2D eigenvalue weighted by molar-refractivity contribution is 5.22. The van der Waals surface area contributed by atoms with Crippen LogP contribution in [-0.4, -0.2) is 40.8 Å². The zero-order valence-corrected chi connectivity index (χ0v) is 14.1. The minimum Gasteiger partial charge on any atom is -0.485 e. The molecular formula is C18H22FN3O3. The second kappa shape index (κ2) is 7.49. The quantitative estimate of drug-likeness (QED) is 0.732. The van der Waals surface area contributed by atoms with Gasteiger partial charge in [0.2, 0.25) is 11.7 Å². The largest absolute Gasteiger partial charge is 0.485 e. The number of hydrogen-bond donors (Lipinski definition) is 0. The molecule has 6 nitrogen and oxygen atoms in total. The molecule has 1 aromatic carbocycles. The number of rotatable bonds is 8. The van der Waals surface area contributed by atoms with Gasteiger partial charge >= 0.3 is 0 Å². The summed E-state index contributed by atoms with van der Waals surface area (Å²) in [5.74, 6) is 2.00. The molecule has 0 unspecified atom stereocenters. The Labute approximate surface area is 145 Å². The van der Waals surface area contributed by atoms with Crippen LogP contribution in [0.1, 0.15) is 31.0 Å². The summed E-state index contributed by atoms with van der Waals surface area (Å²) >= 11 is 0. The van der Waals surface area contributed by atoms with Crippen LogP contribution in [0.15, 0.2) is 28.8 Å². The average Bonchev–Trinajstić information content (AvgIpc) is 3.16. The molecular weight excluding hydrogens is 325 g/mol. The van der Waals surface area contributed by atoms with E-state index in [9.17, 15) is 4.39 Å². The van der Waals surface area contributed by atoms with E-state index in [1.807, 2.05) is 0 Å². The highest BCUT2D eigenvalue weighted by atomic mass is 19.1. The fourth-order valence-electron chi connectivity index (χ4n) is 3.11. The summed E-state index contributed by atoms with van der Waals surface area (Å²) in [5.41, 5.74) is 0. The molecule has 4 rings (SSSR count). The van der Waals surface area contributed by atoms with Gasteiger partial charge in [-0.05, 0) is 49.4 Å². The van der Waals surface area contributed by atoms with Crippen molar-refractivity contribution in [3.8, 4) is 5.75 Å². The number of ether oxygens (including phenoxy) is 2. The van der Waals surface area contributed by atoms with Crippen molar-refractivity contribution in [3.05, 3.63) is 41.8 Å². The Kier molecular flexibility index (Phi) is 4.94. The van der Waals surface area contributed by atoms with E-state index in [4.69, 9.17) is 14.0 Å². The molecule has 1 aliphatic carbocycles. The van der Waals surface area contributed by atoms with Gasteiger partial charge in [0, 0.05) is 19.2 Å². The maximum Gasteiger partial charge on any atom is 0.240 e. The van der Waals surface area contributed by atoms with E-state index in [1.54, 1.807) is 12.1 Å². The summed E-state index contributed by atoms with van der Waals surface area (Å²) in [6, 6.07) is 6.50. The highest BCUT2D eigenvalue weighted by Gasteiger charge is 2.32. The van der Waals surface area contributed by atoms with Gasteiger partial charge in [-0.3, -0.25) is 4.90 Å². The monoisotopic (exact) mass is 347 g/mol. The standard InChI is InChI=1S/C18H22FN3O3/c19-14-1-5-16(6-2-14)24-12-17-20-18(25-21-17)10-22(15-3-4-15)9-13-7-8-23-11-13/h1-2,5-6,13,15H,3-4,7-12H2/t13-/m0/s1. The summed E-state index contributed by atoms with van der Waals surface area (Å²) in [6.07, 6.45) is 3.61. The first-order valence-corrected chi connectivity index (χ1v) is 8.78. The van der Waals surface area contributed by atoms with Crippen molar-refractivity contribution in [2.75, 3.05) is 19.8 Å². The number of nitrogens with zero attached hydrogens (tertiary/aromatic N) is 3. The van der Waals surface area contributed by atoms with Crippen LogP contribution >= 0.6 is 0 Å². The Hall–Kier alpha value is -1.99. The van der Waals surface area contributed by atoms with Gasteiger partial charge in [-0.15, -0.1) is 0 Å². The van der Waals surface area contributed by atoms with Gasteiger partial charge < -0.3 is 14.0 Å². The Morgan fingerprint density at radius 1 is 1.20 bits per heavy atom. The third kappa shape index (κ3) is 4.55. The van der Waals surface area contributed by atoms with E-state index in [-0.39, 0.29) is 12.4 Å². The fourth-order valence-corrected chi connectivity index (χ4v) is 3.11. The minimum atomic E-state index is -0.290. The van der Waals surface area contributed by atoms with Gasteiger partial charge in [-0.2, -0.15) is 4.98 Å². The number of aromatic nitrogens is 2. The van der Waals surface area contributed by atoms with E-state index in [0.29, 0.717) is 36.0 Å². The van der Waals surface area contributed by atoms with E-state index in [0.717, 1.165) is 26.2 Å². The molecule has 134 valence electrons. The van der Waals surface area contributed by atoms with Crippen molar-refractivity contribution in [2.45, 2.75) is 38.5 Å². The maximum atomic E-state index is 12.9. The molecule has 1 atom stereocenters. The Morgan fingerprint density at radius 3 is 2.76 bits per heavy atom. The van der Waals surface area contributed by atoms with Gasteiger partial charge in [0.05, 0.1) is 13.2 Å². The predicted molar refractivity (Wildman–Crippen MR) is 87.4 cm³/mol. The summed E-state index contributed by atoms with van der Waals surface area (Å²) in [7, 11) is 0. The lowest BCUT2D eigenvalue weighted by Crippen LogP contribution is -2.31. The third-order valence-corrected chi connectivity index (χ3v) is 4.61. The first kappa shape index (κ1) is 16.5. The minimum absolute atomic E-state index is 0.203. The van der Waals surface area contributed by atoms with Crippen molar-refractivity contribution in [1.29, 1.82) is 0 Å². The summed E-state index contributed by atoms with van der Waals surface area (Å²) in [6.45, 7) is 3.62. The van der Waals surface area contributed by atoms with Gasteiger partial charge in [-0.1, -0.05) is 5.16 Å². The lowest BCUT2D eigenvalue weighted by atomic mass is 10.1. The molecule has 0 N–H and O–H groups in total. The molecule has 2 heterocycles. The molecule has 2 aromatic rings. The van der Waals surface area contributed by atoms with Crippen LogP contribution in [0.3, 0.4) is 0 Å². The van der Waals surface area contributed by atoms with Crippen LogP contribution in [0.2, 0.25) is 0 Å². The highest BCUT2D eigenvalue weighted by Crippen LogP contribution is 2.30. The fraction of sp³-hybridized carbons (Fsp3) is 0.556. The van der Waals surface area contributed by atoms with E-state index in [1.165, 1.54) is 25.0 Å². The van der Waals surface area contributed by atoms with Crippen molar-refractivity contribution >= 4 is 0 Å². The van der Waals surface area contributed by atoms with E-state index in [2.05, 4.69) is 15.0 Å². The van der Waals surface area contributed by atoms with Crippen LogP contribution in [-0.2, 0) is 17.9 Å². The van der Waals surface area contributed by atoms with Crippen LogP contribution < -0.4 is 4.74 Å². The Morgan fingerprint density at radius 2 is 2.04 bits per heavy atom. The molecule has 1 saturated carbocycles. The molecule has 0 spiro atoms.